The third kappa shape index (κ3) is 4.58. The zero-order valence-corrected chi connectivity index (χ0v) is 22.4. The maximum absolute atomic E-state index is 13.3. The molecule has 0 radical (unpaired) electrons. The van der Waals surface area contributed by atoms with E-state index in [4.69, 9.17) is 9.97 Å². The van der Waals surface area contributed by atoms with Crippen LogP contribution in [0, 0.1) is 0 Å². The molecule has 1 aliphatic rings. The molecule has 0 spiro atoms. The Morgan fingerprint density at radius 1 is 0.950 bits per heavy atom. The summed E-state index contributed by atoms with van der Waals surface area (Å²) >= 11 is 0. The van der Waals surface area contributed by atoms with E-state index >= 15 is 0 Å². The topological polar surface area (TPSA) is 111 Å². The number of anilines is 3. The highest BCUT2D eigenvalue weighted by Crippen LogP contribution is 2.22. The van der Waals surface area contributed by atoms with Crippen molar-refractivity contribution in [2.75, 3.05) is 43.4 Å². The summed E-state index contributed by atoms with van der Waals surface area (Å²) in [7, 11) is 3.82. The lowest BCUT2D eigenvalue weighted by Crippen LogP contribution is -2.44. The number of aryl methyl sites for hydroxylation is 1. The van der Waals surface area contributed by atoms with Gasteiger partial charge in [-0.1, -0.05) is 12.1 Å². The summed E-state index contributed by atoms with van der Waals surface area (Å²) in [6, 6.07) is 13.5. The Morgan fingerprint density at radius 3 is 2.40 bits per heavy atom. The molecule has 5 heterocycles. The van der Waals surface area contributed by atoms with Gasteiger partial charge in [0.1, 0.15) is 11.2 Å². The van der Waals surface area contributed by atoms with Crippen molar-refractivity contribution in [1.29, 1.82) is 0 Å². The van der Waals surface area contributed by atoms with E-state index in [0.29, 0.717) is 28.6 Å². The van der Waals surface area contributed by atoms with Crippen molar-refractivity contribution in [3.63, 3.8) is 0 Å². The summed E-state index contributed by atoms with van der Waals surface area (Å²) in [5.74, 6) is 1.21. The number of nitrogens with one attached hydrogen (secondary N) is 1. The third-order valence-electron chi connectivity index (χ3n) is 7.10. The molecule has 0 atom stereocenters. The van der Waals surface area contributed by atoms with Gasteiger partial charge < -0.3 is 19.7 Å². The number of imidazole rings is 1. The van der Waals surface area contributed by atoms with Gasteiger partial charge in [0, 0.05) is 63.2 Å². The molecule has 1 aliphatic heterocycles. The van der Waals surface area contributed by atoms with Gasteiger partial charge >= 0.3 is 5.69 Å². The van der Waals surface area contributed by atoms with Crippen molar-refractivity contribution >= 4 is 28.4 Å². The molecule has 4 aromatic heterocycles. The molecule has 204 valence electrons. The van der Waals surface area contributed by atoms with Crippen LogP contribution in [0.2, 0.25) is 0 Å². The van der Waals surface area contributed by atoms with E-state index in [9.17, 15) is 9.59 Å². The highest BCUT2D eigenvalue weighted by Gasteiger charge is 2.19. The molecule has 0 aliphatic carbocycles. The summed E-state index contributed by atoms with van der Waals surface area (Å²) in [6.45, 7) is 8.12. The SMILES string of the molecule is C=CCn1c(=O)c2cnc(Nc3ccc(N4CCN(C)CC4)cc3)nc2n1-c1cccc(-n2ccn(C)c2=O)n1. The minimum atomic E-state index is -0.262. The number of fused-ring (bicyclic) bond motifs is 1. The number of hydrogen-bond acceptors (Lipinski definition) is 8. The van der Waals surface area contributed by atoms with Gasteiger partial charge in [0.15, 0.2) is 11.5 Å². The monoisotopic (exact) mass is 538 g/mol. The lowest BCUT2D eigenvalue weighted by atomic mass is 10.2. The van der Waals surface area contributed by atoms with Crippen molar-refractivity contribution in [3.05, 3.63) is 94.5 Å². The van der Waals surface area contributed by atoms with Gasteiger partial charge in [-0.25, -0.2) is 24.1 Å². The number of aromatic nitrogens is 7. The fourth-order valence-electron chi connectivity index (χ4n) is 4.86. The molecule has 1 fully saturated rings. The quantitative estimate of drug-likeness (QED) is 0.314. The van der Waals surface area contributed by atoms with Gasteiger partial charge in [0.2, 0.25) is 5.95 Å². The van der Waals surface area contributed by atoms with Crippen molar-refractivity contribution in [2.45, 2.75) is 6.54 Å². The molecule has 6 rings (SSSR count). The fraction of sp³-hybridized carbons (Fsp3) is 0.250. The smallest absolute Gasteiger partial charge is 0.333 e. The van der Waals surface area contributed by atoms with E-state index in [0.717, 1.165) is 31.9 Å². The molecule has 12 heteroatoms. The Labute approximate surface area is 230 Å². The Morgan fingerprint density at radius 2 is 1.70 bits per heavy atom. The minimum absolute atomic E-state index is 0.224. The average molecular weight is 539 g/mol. The molecule has 1 saturated heterocycles. The molecule has 1 aromatic carbocycles. The summed E-state index contributed by atoms with van der Waals surface area (Å²) in [4.78, 5) is 44.3. The van der Waals surface area contributed by atoms with Crippen LogP contribution in [-0.4, -0.2) is 71.6 Å². The summed E-state index contributed by atoms with van der Waals surface area (Å²) in [5.41, 5.74) is 1.91. The molecule has 0 unspecified atom stereocenters. The maximum Gasteiger partial charge on any atom is 0.333 e. The fourth-order valence-corrected chi connectivity index (χ4v) is 4.86. The van der Waals surface area contributed by atoms with E-state index in [1.807, 2.05) is 12.1 Å². The Kier molecular flexibility index (Phi) is 6.52. The second-order valence-corrected chi connectivity index (χ2v) is 9.80. The van der Waals surface area contributed by atoms with Crippen LogP contribution < -0.4 is 21.5 Å². The van der Waals surface area contributed by atoms with E-state index in [1.165, 1.54) is 25.7 Å². The average Bonchev–Trinajstić information content (AvgIpc) is 3.45. The zero-order chi connectivity index (χ0) is 27.8. The number of allylic oxidation sites excluding steroid dienone is 1. The van der Waals surface area contributed by atoms with Crippen LogP contribution in [0.15, 0.2) is 83.3 Å². The standard InChI is InChI=1S/C28H30N10O2/c1-4-12-37-26(39)22-19-29-27(30-20-8-10-21(11-9-20)35-16-13-33(2)14-17-35)32-25(22)38(37)24-7-5-6-23(31-24)36-18-15-34(3)28(36)40/h4-11,15,18-19H,1,12-14,16-17H2,2-3H3,(H,29,30,32). The van der Waals surface area contributed by atoms with Gasteiger partial charge in [-0.15, -0.1) is 6.58 Å². The molecule has 40 heavy (non-hydrogen) atoms. The first-order valence-corrected chi connectivity index (χ1v) is 13.0. The van der Waals surface area contributed by atoms with E-state index in [-0.39, 0.29) is 17.8 Å². The molecule has 12 nitrogen and oxygen atoms in total. The Bertz CT molecular complexity index is 1800. The number of likely N-dealkylation sites (N-methyl/N-ethyl adjacent to an activating group) is 1. The molecule has 0 bridgehead atoms. The second-order valence-electron chi connectivity index (χ2n) is 9.80. The normalized spacial score (nSPS) is 14.1. The summed E-state index contributed by atoms with van der Waals surface area (Å²) < 4.78 is 6.05. The second kappa shape index (κ2) is 10.3. The summed E-state index contributed by atoms with van der Waals surface area (Å²) in [6.07, 6.45) is 6.47. The van der Waals surface area contributed by atoms with Crippen LogP contribution in [0.4, 0.5) is 17.3 Å². The highest BCUT2D eigenvalue weighted by atomic mass is 16.2. The predicted octanol–water partition coefficient (Wildman–Crippen LogP) is 2.15. The van der Waals surface area contributed by atoms with Gasteiger partial charge in [0.25, 0.3) is 5.56 Å². The maximum atomic E-state index is 13.3. The van der Waals surface area contributed by atoms with Crippen molar-refractivity contribution in [1.82, 2.24) is 38.3 Å². The van der Waals surface area contributed by atoms with Gasteiger partial charge in [-0.05, 0) is 43.4 Å². The van der Waals surface area contributed by atoms with Crippen molar-refractivity contribution in [3.8, 4) is 11.6 Å². The number of benzene rings is 1. The van der Waals surface area contributed by atoms with Crippen LogP contribution in [-0.2, 0) is 13.6 Å². The number of rotatable bonds is 7. The van der Waals surface area contributed by atoms with Gasteiger partial charge in [0.05, 0.1) is 6.54 Å². The van der Waals surface area contributed by atoms with Crippen LogP contribution in [0.3, 0.4) is 0 Å². The third-order valence-corrected chi connectivity index (χ3v) is 7.10. The Balaban J connectivity index is 1.36. The molecule has 0 saturated carbocycles. The van der Waals surface area contributed by atoms with E-state index in [1.54, 1.807) is 48.4 Å². The van der Waals surface area contributed by atoms with Gasteiger partial charge in [-0.3, -0.25) is 9.36 Å². The first-order chi connectivity index (χ1) is 19.4. The summed E-state index contributed by atoms with van der Waals surface area (Å²) in [5, 5.41) is 3.61. The van der Waals surface area contributed by atoms with Crippen molar-refractivity contribution < 1.29 is 0 Å². The molecule has 0 amide bonds. The first kappa shape index (κ1) is 25.3. The number of piperazine rings is 1. The largest absolute Gasteiger partial charge is 0.369 e. The first-order valence-electron chi connectivity index (χ1n) is 13.0. The number of pyridine rings is 1. The predicted molar refractivity (Wildman–Crippen MR) is 155 cm³/mol. The van der Waals surface area contributed by atoms with Crippen LogP contribution in [0.1, 0.15) is 0 Å². The number of nitrogens with zero attached hydrogens (tertiary/aromatic N) is 9. The highest BCUT2D eigenvalue weighted by molar-refractivity contribution is 5.77. The lowest BCUT2D eigenvalue weighted by Gasteiger charge is -2.34. The molecular formula is C28H30N10O2. The zero-order valence-electron chi connectivity index (χ0n) is 22.4. The minimum Gasteiger partial charge on any atom is -0.369 e. The molecule has 5 aromatic rings. The number of hydrogen-bond donors (Lipinski definition) is 1. The lowest BCUT2D eigenvalue weighted by molar-refractivity contribution is 0.313. The molecular weight excluding hydrogens is 508 g/mol. The van der Waals surface area contributed by atoms with E-state index in [2.05, 4.69) is 45.9 Å². The Hall–Kier alpha value is -4.97. The van der Waals surface area contributed by atoms with E-state index < -0.39 is 0 Å². The van der Waals surface area contributed by atoms with Gasteiger partial charge in [-0.2, -0.15) is 4.98 Å². The van der Waals surface area contributed by atoms with Crippen LogP contribution in [0.25, 0.3) is 22.7 Å². The van der Waals surface area contributed by atoms with Crippen molar-refractivity contribution in [2.24, 2.45) is 7.05 Å². The molecule has 1 N–H and O–H groups in total. The van der Waals surface area contributed by atoms with Crippen LogP contribution >= 0.6 is 0 Å². The van der Waals surface area contributed by atoms with Crippen LogP contribution in [0.5, 0.6) is 0 Å².